The van der Waals surface area contributed by atoms with Crippen molar-refractivity contribution in [3.8, 4) is 11.5 Å². The molecule has 7 heteroatoms. The van der Waals surface area contributed by atoms with Gasteiger partial charge in [0.25, 0.3) is 5.91 Å². The highest BCUT2D eigenvalue weighted by Gasteiger charge is 2.15. The summed E-state index contributed by atoms with van der Waals surface area (Å²) in [7, 11) is 0. The summed E-state index contributed by atoms with van der Waals surface area (Å²) in [5, 5.41) is 13.1. The molecule has 1 atom stereocenters. The van der Waals surface area contributed by atoms with Gasteiger partial charge in [-0.25, -0.2) is 0 Å². The van der Waals surface area contributed by atoms with Crippen LogP contribution >= 0.6 is 22.9 Å². The number of aromatic nitrogens is 1. The number of hydrogen-bond donors (Lipinski definition) is 2. The Morgan fingerprint density at radius 2 is 2.17 bits per heavy atom. The van der Waals surface area contributed by atoms with Gasteiger partial charge in [0.1, 0.15) is 5.75 Å². The standard InChI is InChI=1S/C17H15ClN2O3S/c1-10(9-21)20-17(22)15-6-11-14(7-19-8-16(11)24-15)23-13-5-3-2-4-12(13)18/h2-8,10,21H,9H2,1H3,(H,20,22). The molecule has 124 valence electrons. The van der Waals surface area contributed by atoms with E-state index in [0.29, 0.717) is 21.4 Å². The van der Waals surface area contributed by atoms with Gasteiger partial charge < -0.3 is 15.2 Å². The second-order valence-corrected chi connectivity index (χ2v) is 6.74. The zero-order valence-corrected chi connectivity index (χ0v) is 14.4. The fourth-order valence-electron chi connectivity index (χ4n) is 2.12. The second kappa shape index (κ2) is 7.17. The van der Waals surface area contributed by atoms with Crippen molar-refractivity contribution in [2.45, 2.75) is 13.0 Å². The van der Waals surface area contributed by atoms with Crippen molar-refractivity contribution >= 4 is 38.9 Å². The molecule has 5 nitrogen and oxygen atoms in total. The van der Waals surface area contributed by atoms with Crippen LogP contribution in [0.3, 0.4) is 0 Å². The fraction of sp³-hybridized carbons (Fsp3) is 0.176. The van der Waals surface area contributed by atoms with Crippen LogP contribution in [0.25, 0.3) is 10.1 Å². The van der Waals surface area contributed by atoms with E-state index in [-0.39, 0.29) is 18.6 Å². The second-order valence-electron chi connectivity index (χ2n) is 5.25. The number of fused-ring (bicyclic) bond motifs is 1. The van der Waals surface area contributed by atoms with Crippen LogP contribution in [0, 0.1) is 0 Å². The smallest absolute Gasteiger partial charge is 0.261 e. The molecule has 2 N–H and O–H groups in total. The molecule has 0 aliphatic carbocycles. The lowest BCUT2D eigenvalue weighted by Crippen LogP contribution is -2.34. The highest BCUT2D eigenvalue weighted by molar-refractivity contribution is 7.20. The van der Waals surface area contributed by atoms with Crippen LogP contribution in [0.15, 0.2) is 42.7 Å². The summed E-state index contributed by atoms with van der Waals surface area (Å²) in [6.07, 6.45) is 3.28. The van der Waals surface area contributed by atoms with Gasteiger partial charge >= 0.3 is 0 Å². The van der Waals surface area contributed by atoms with E-state index in [1.54, 1.807) is 37.5 Å². The van der Waals surface area contributed by atoms with Crippen molar-refractivity contribution in [1.29, 1.82) is 0 Å². The summed E-state index contributed by atoms with van der Waals surface area (Å²) in [6, 6.07) is 8.62. The van der Waals surface area contributed by atoms with Gasteiger partial charge in [-0.2, -0.15) is 0 Å². The largest absolute Gasteiger partial charge is 0.453 e. The number of para-hydroxylation sites is 1. The van der Waals surface area contributed by atoms with E-state index >= 15 is 0 Å². The number of carbonyl (C=O) groups is 1. The summed E-state index contributed by atoms with van der Waals surface area (Å²) in [6.45, 7) is 1.62. The van der Waals surface area contributed by atoms with E-state index < -0.39 is 0 Å². The molecule has 1 aromatic carbocycles. The van der Waals surface area contributed by atoms with Crippen LogP contribution in [0.5, 0.6) is 11.5 Å². The van der Waals surface area contributed by atoms with Crippen molar-refractivity contribution in [2.75, 3.05) is 6.61 Å². The Hall–Kier alpha value is -2.15. The van der Waals surface area contributed by atoms with Crippen LogP contribution in [0.2, 0.25) is 5.02 Å². The van der Waals surface area contributed by atoms with Crippen LogP contribution in [0.1, 0.15) is 16.6 Å². The normalized spacial score (nSPS) is 12.1. The van der Waals surface area contributed by atoms with Gasteiger partial charge in [0.15, 0.2) is 5.75 Å². The third-order valence-electron chi connectivity index (χ3n) is 3.34. The predicted molar refractivity (Wildman–Crippen MR) is 95.2 cm³/mol. The number of benzene rings is 1. The minimum atomic E-state index is -0.306. The molecular formula is C17H15ClN2O3S. The Balaban J connectivity index is 1.93. The first-order chi connectivity index (χ1) is 11.6. The van der Waals surface area contributed by atoms with Gasteiger partial charge in [-0.1, -0.05) is 23.7 Å². The molecule has 3 aromatic rings. The Labute approximate surface area is 147 Å². The van der Waals surface area contributed by atoms with Crippen molar-refractivity contribution < 1.29 is 14.6 Å². The summed E-state index contributed by atoms with van der Waals surface area (Å²) < 4.78 is 6.69. The van der Waals surface area contributed by atoms with Gasteiger partial charge in [-0.05, 0) is 25.1 Å². The third-order valence-corrected chi connectivity index (χ3v) is 4.72. The van der Waals surface area contributed by atoms with E-state index in [1.165, 1.54) is 11.3 Å². The maximum absolute atomic E-state index is 12.2. The third kappa shape index (κ3) is 3.51. The molecule has 0 fully saturated rings. The first-order valence-corrected chi connectivity index (χ1v) is 8.49. The van der Waals surface area contributed by atoms with Gasteiger partial charge in [-0.3, -0.25) is 9.78 Å². The van der Waals surface area contributed by atoms with Gasteiger partial charge in [-0.15, -0.1) is 11.3 Å². The number of halogens is 1. The number of nitrogens with one attached hydrogen (secondary N) is 1. The molecule has 0 saturated heterocycles. The average molecular weight is 363 g/mol. The number of amides is 1. The van der Waals surface area contributed by atoms with Crippen molar-refractivity contribution in [3.63, 3.8) is 0 Å². The quantitative estimate of drug-likeness (QED) is 0.723. The number of rotatable bonds is 5. The first kappa shape index (κ1) is 16.7. The molecule has 3 rings (SSSR count). The van der Waals surface area contributed by atoms with Crippen LogP contribution < -0.4 is 10.1 Å². The molecule has 1 amide bonds. The van der Waals surface area contributed by atoms with Gasteiger partial charge in [0, 0.05) is 17.6 Å². The van der Waals surface area contributed by atoms with E-state index in [9.17, 15) is 4.79 Å². The zero-order chi connectivity index (χ0) is 17.1. The number of aliphatic hydroxyl groups is 1. The Morgan fingerprint density at radius 1 is 1.38 bits per heavy atom. The number of ether oxygens (including phenoxy) is 1. The molecule has 0 bridgehead atoms. The molecule has 1 unspecified atom stereocenters. The summed E-state index contributed by atoms with van der Waals surface area (Å²) in [5.41, 5.74) is 0. The SMILES string of the molecule is CC(CO)NC(=O)c1cc2c(Oc3ccccc3Cl)cncc2s1. The minimum Gasteiger partial charge on any atom is -0.453 e. The molecule has 0 aliphatic heterocycles. The number of carbonyl (C=O) groups excluding carboxylic acids is 1. The monoisotopic (exact) mass is 362 g/mol. The number of nitrogens with zero attached hydrogens (tertiary/aromatic N) is 1. The van der Waals surface area contributed by atoms with E-state index in [4.69, 9.17) is 21.4 Å². The molecule has 0 saturated carbocycles. The summed E-state index contributed by atoms with van der Waals surface area (Å²) >= 11 is 7.44. The Kier molecular flexibility index (Phi) is 4.99. The maximum Gasteiger partial charge on any atom is 0.261 e. The highest BCUT2D eigenvalue weighted by Crippen LogP contribution is 2.36. The van der Waals surface area contributed by atoms with Crippen LogP contribution in [-0.2, 0) is 0 Å². The van der Waals surface area contributed by atoms with Crippen molar-refractivity contribution in [3.05, 3.63) is 52.6 Å². The number of aliphatic hydroxyl groups excluding tert-OH is 1. The molecule has 0 radical (unpaired) electrons. The summed E-state index contributed by atoms with van der Waals surface area (Å²) in [5.74, 6) is 0.826. The molecular weight excluding hydrogens is 348 g/mol. The summed E-state index contributed by atoms with van der Waals surface area (Å²) in [4.78, 5) is 16.9. The minimum absolute atomic E-state index is 0.112. The van der Waals surface area contributed by atoms with E-state index in [1.807, 2.05) is 12.1 Å². The maximum atomic E-state index is 12.2. The van der Waals surface area contributed by atoms with Crippen molar-refractivity contribution in [1.82, 2.24) is 10.3 Å². The average Bonchev–Trinajstić information content (AvgIpc) is 3.02. The molecule has 0 aliphatic rings. The Bertz CT molecular complexity index is 881. The highest BCUT2D eigenvalue weighted by atomic mass is 35.5. The molecule has 0 spiro atoms. The predicted octanol–water partition coefficient (Wildman–Crippen LogP) is 3.85. The first-order valence-electron chi connectivity index (χ1n) is 7.30. The van der Waals surface area contributed by atoms with Gasteiger partial charge in [0.2, 0.25) is 0 Å². The molecule has 2 heterocycles. The molecule has 24 heavy (non-hydrogen) atoms. The lowest BCUT2D eigenvalue weighted by atomic mass is 10.2. The topological polar surface area (TPSA) is 71.5 Å². The van der Waals surface area contributed by atoms with Crippen LogP contribution in [-0.4, -0.2) is 28.6 Å². The number of hydrogen-bond acceptors (Lipinski definition) is 5. The number of pyridine rings is 1. The molecule has 2 aromatic heterocycles. The number of thiophene rings is 1. The lowest BCUT2D eigenvalue weighted by Gasteiger charge is -2.08. The zero-order valence-electron chi connectivity index (χ0n) is 12.8. The van der Waals surface area contributed by atoms with E-state index in [0.717, 1.165) is 10.1 Å². The Morgan fingerprint density at radius 3 is 2.92 bits per heavy atom. The van der Waals surface area contributed by atoms with Gasteiger partial charge in [0.05, 0.1) is 27.4 Å². The van der Waals surface area contributed by atoms with E-state index in [2.05, 4.69) is 10.3 Å². The lowest BCUT2D eigenvalue weighted by molar-refractivity contribution is 0.0926. The van der Waals surface area contributed by atoms with Crippen LogP contribution in [0.4, 0.5) is 0 Å². The fourth-order valence-corrected chi connectivity index (χ4v) is 3.24. The van der Waals surface area contributed by atoms with Crippen molar-refractivity contribution in [2.24, 2.45) is 0 Å².